The quantitative estimate of drug-likeness (QED) is 0.828. The molecule has 4 heteroatoms. The highest BCUT2D eigenvalue weighted by molar-refractivity contribution is 5.58. The minimum Gasteiger partial charge on any atom is -0.383 e. The Morgan fingerprint density at radius 3 is 2.22 bits per heavy atom. The highest BCUT2D eigenvalue weighted by Crippen LogP contribution is 2.29. The van der Waals surface area contributed by atoms with Gasteiger partial charge in [0, 0.05) is 17.8 Å². The van der Waals surface area contributed by atoms with Crippen molar-refractivity contribution in [2.24, 2.45) is 0 Å². The maximum absolute atomic E-state index is 9.21. The average Bonchev–Trinajstić information content (AvgIpc) is 2.53. The van der Waals surface area contributed by atoms with Gasteiger partial charge in [0.2, 0.25) is 0 Å². The van der Waals surface area contributed by atoms with Gasteiger partial charge in [0.1, 0.15) is 11.9 Å². The van der Waals surface area contributed by atoms with E-state index in [-0.39, 0.29) is 0 Å². The molecule has 0 saturated carbocycles. The van der Waals surface area contributed by atoms with E-state index in [4.69, 9.17) is 5.73 Å². The summed E-state index contributed by atoms with van der Waals surface area (Å²) in [4.78, 5) is 0. The topological polar surface area (TPSA) is 58.0 Å². The van der Waals surface area contributed by atoms with Crippen molar-refractivity contribution >= 4 is 5.82 Å². The third-order valence-corrected chi connectivity index (χ3v) is 4.21. The van der Waals surface area contributed by atoms with Crippen molar-refractivity contribution in [2.45, 2.75) is 59.0 Å². The second kappa shape index (κ2) is 4.56. The summed E-state index contributed by atoms with van der Waals surface area (Å²) < 4.78 is 2.06. The van der Waals surface area contributed by atoms with Gasteiger partial charge < -0.3 is 10.7 Å². The van der Waals surface area contributed by atoms with Crippen molar-refractivity contribution in [1.29, 1.82) is 5.26 Å². The molecule has 0 bridgehead atoms. The number of nitrogen functional groups attached to an aromatic ring is 1. The molecule has 1 aliphatic rings. The average molecular weight is 246 g/mol. The molecule has 1 aromatic heterocycles. The van der Waals surface area contributed by atoms with Crippen molar-refractivity contribution in [3.8, 4) is 6.07 Å². The molecule has 2 heterocycles. The van der Waals surface area contributed by atoms with Gasteiger partial charge in [0.05, 0.1) is 5.56 Å². The number of nitriles is 1. The van der Waals surface area contributed by atoms with E-state index >= 15 is 0 Å². The molecule has 18 heavy (non-hydrogen) atoms. The summed E-state index contributed by atoms with van der Waals surface area (Å²) in [5.41, 5.74) is 8.88. The smallest absolute Gasteiger partial charge is 0.141 e. The Bertz CT molecular complexity index is 485. The van der Waals surface area contributed by atoms with Crippen LogP contribution in [0.4, 0.5) is 5.82 Å². The van der Waals surface area contributed by atoms with Gasteiger partial charge in [-0.15, -0.1) is 0 Å². The fourth-order valence-electron chi connectivity index (χ4n) is 3.06. The van der Waals surface area contributed by atoms with E-state index in [1.165, 1.54) is 19.3 Å². The summed E-state index contributed by atoms with van der Waals surface area (Å²) in [6.07, 6.45) is 3.63. The molecule has 2 unspecified atom stereocenters. The Kier molecular flexibility index (Phi) is 3.25. The SMILES string of the molecule is Cc1c(C#N)c(N)n(N2C(C)CCCC2C)c1C. The maximum atomic E-state index is 9.21. The van der Waals surface area contributed by atoms with Crippen molar-refractivity contribution in [2.75, 3.05) is 10.7 Å². The second-order valence-corrected chi connectivity index (χ2v) is 5.40. The summed E-state index contributed by atoms with van der Waals surface area (Å²) in [6.45, 7) is 8.48. The molecule has 1 fully saturated rings. The van der Waals surface area contributed by atoms with Crippen LogP contribution in [0.1, 0.15) is 49.9 Å². The van der Waals surface area contributed by atoms with Crippen LogP contribution < -0.4 is 10.7 Å². The Labute approximate surface area is 109 Å². The van der Waals surface area contributed by atoms with Gasteiger partial charge in [-0.2, -0.15) is 5.26 Å². The lowest BCUT2D eigenvalue weighted by atomic mass is 10.00. The fourth-order valence-corrected chi connectivity index (χ4v) is 3.06. The molecule has 0 spiro atoms. The number of anilines is 1. The van der Waals surface area contributed by atoms with Gasteiger partial charge in [0.15, 0.2) is 0 Å². The van der Waals surface area contributed by atoms with E-state index in [0.717, 1.165) is 11.3 Å². The number of piperidine rings is 1. The first-order chi connectivity index (χ1) is 8.49. The molecule has 1 aliphatic heterocycles. The largest absolute Gasteiger partial charge is 0.383 e. The highest BCUT2D eigenvalue weighted by Gasteiger charge is 2.29. The molecule has 2 rings (SSSR count). The van der Waals surface area contributed by atoms with Crippen LogP contribution in [0.25, 0.3) is 0 Å². The lowest BCUT2D eigenvalue weighted by Crippen LogP contribution is -2.51. The van der Waals surface area contributed by atoms with Gasteiger partial charge in [-0.3, -0.25) is 0 Å². The molecule has 98 valence electrons. The molecule has 0 aliphatic carbocycles. The van der Waals surface area contributed by atoms with Crippen molar-refractivity contribution in [1.82, 2.24) is 4.68 Å². The van der Waals surface area contributed by atoms with Crippen LogP contribution in [0.5, 0.6) is 0 Å². The fraction of sp³-hybridized carbons (Fsp3) is 0.643. The monoisotopic (exact) mass is 246 g/mol. The molecule has 0 amide bonds. The molecule has 0 aromatic carbocycles. The van der Waals surface area contributed by atoms with Crippen LogP contribution in [-0.4, -0.2) is 16.8 Å². The van der Waals surface area contributed by atoms with Crippen molar-refractivity contribution < 1.29 is 0 Å². The van der Waals surface area contributed by atoms with Gasteiger partial charge in [0.25, 0.3) is 0 Å². The first kappa shape index (κ1) is 12.8. The third-order valence-electron chi connectivity index (χ3n) is 4.21. The summed E-state index contributed by atoms with van der Waals surface area (Å²) in [6, 6.07) is 3.15. The Morgan fingerprint density at radius 1 is 1.22 bits per heavy atom. The number of nitrogens with two attached hydrogens (primary N) is 1. The standard InChI is InChI=1S/C14H22N4/c1-9-6-5-7-10(2)17(9)18-12(4)11(3)13(8-15)14(18)16/h9-10H,5-7,16H2,1-4H3. The van der Waals surface area contributed by atoms with Crippen LogP contribution in [0.15, 0.2) is 0 Å². The molecule has 2 N–H and O–H groups in total. The Balaban J connectivity index is 2.54. The van der Waals surface area contributed by atoms with E-state index in [9.17, 15) is 5.26 Å². The summed E-state index contributed by atoms with van der Waals surface area (Å²) in [5.74, 6) is 0.591. The summed E-state index contributed by atoms with van der Waals surface area (Å²) >= 11 is 0. The van der Waals surface area contributed by atoms with E-state index in [0.29, 0.717) is 23.5 Å². The molecule has 2 atom stereocenters. The highest BCUT2D eigenvalue weighted by atomic mass is 15.6. The van der Waals surface area contributed by atoms with Crippen LogP contribution in [0, 0.1) is 25.2 Å². The molecule has 4 nitrogen and oxygen atoms in total. The van der Waals surface area contributed by atoms with E-state index < -0.39 is 0 Å². The number of nitrogens with zero attached hydrogens (tertiary/aromatic N) is 3. The number of aromatic nitrogens is 1. The molecular formula is C14H22N4. The number of hydrogen-bond donors (Lipinski definition) is 1. The van der Waals surface area contributed by atoms with Crippen LogP contribution in [0.3, 0.4) is 0 Å². The van der Waals surface area contributed by atoms with Gasteiger partial charge >= 0.3 is 0 Å². The normalized spacial score (nSPS) is 24.1. The van der Waals surface area contributed by atoms with Crippen molar-refractivity contribution in [3.63, 3.8) is 0 Å². The molecule has 1 saturated heterocycles. The molecular weight excluding hydrogens is 224 g/mol. The van der Waals surface area contributed by atoms with Crippen LogP contribution in [0.2, 0.25) is 0 Å². The number of hydrogen-bond acceptors (Lipinski definition) is 3. The Morgan fingerprint density at radius 2 is 1.78 bits per heavy atom. The maximum Gasteiger partial charge on any atom is 0.141 e. The van der Waals surface area contributed by atoms with Gasteiger partial charge in [-0.05, 0) is 52.5 Å². The van der Waals surface area contributed by atoms with Crippen LogP contribution >= 0.6 is 0 Å². The van der Waals surface area contributed by atoms with Crippen molar-refractivity contribution in [3.05, 3.63) is 16.8 Å². The van der Waals surface area contributed by atoms with E-state index in [1.54, 1.807) is 0 Å². The zero-order chi connectivity index (χ0) is 13.4. The second-order valence-electron chi connectivity index (χ2n) is 5.40. The predicted octanol–water partition coefficient (Wildman–Crippen LogP) is 2.46. The summed E-state index contributed by atoms with van der Waals surface area (Å²) in [7, 11) is 0. The lowest BCUT2D eigenvalue weighted by Gasteiger charge is -2.42. The molecule has 0 radical (unpaired) electrons. The molecule has 1 aromatic rings. The predicted molar refractivity (Wildman–Crippen MR) is 74.0 cm³/mol. The minimum absolute atomic E-state index is 0.466. The summed E-state index contributed by atoms with van der Waals surface area (Å²) in [5, 5.41) is 11.5. The zero-order valence-electron chi connectivity index (χ0n) is 11.7. The minimum atomic E-state index is 0.466. The van der Waals surface area contributed by atoms with Gasteiger partial charge in [-0.1, -0.05) is 0 Å². The first-order valence-electron chi connectivity index (χ1n) is 6.65. The van der Waals surface area contributed by atoms with Gasteiger partial charge in [-0.25, -0.2) is 4.68 Å². The Hall–Kier alpha value is -1.63. The van der Waals surface area contributed by atoms with E-state index in [2.05, 4.69) is 29.6 Å². The third kappa shape index (κ3) is 1.74. The lowest BCUT2D eigenvalue weighted by molar-refractivity contribution is 0.336. The first-order valence-corrected chi connectivity index (χ1v) is 6.65. The number of rotatable bonds is 1. The zero-order valence-corrected chi connectivity index (χ0v) is 11.7. The van der Waals surface area contributed by atoms with E-state index in [1.807, 2.05) is 13.8 Å². The van der Waals surface area contributed by atoms with Crippen LogP contribution in [-0.2, 0) is 0 Å².